The maximum Gasteiger partial charge on any atom is 0.218 e. The molecule has 0 saturated carbocycles. The van der Waals surface area contributed by atoms with Crippen LogP contribution in [0.2, 0.25) is 0 Å². The third kappa shape index (κ3) is 14.7. The molecule has 0 aliphatic carbocycles. The molecule has 6 bridgehead atoms. The molecule has 5 rings (SSSR count). The van der Waals surface area contributed by atoms with Gasteiger partial charge in [0.1, 0.15) is 0 Å². The summed E-state index contributed by atoms with van der Waals surface area (Å²) >= 11 is 0. The summed E-state index contributed by atoms with van der Waals surface area (Å²) < 4.78 is 52.1. The van der Waals surface area contributed by atoms with Gasteiger partial charge in [-0.05, 0) is 12.1 Å². The van der Waals surface area contributed by atoms with E-state index in [0.29, 0.717) is 104 Å². The highest BCUT2D eigenvalue weighted by Crippen LogP contribution is 2.13. The molecule has 0 amide bonds. The van der Waals surface area contributed by atoms with E-state index in [1.165, 1.54) is 0 Å². The third-order valence-electron chi connectivity index (χ3n) is 6.70. The minimum atomic E-state index is 0.0798. The summed E-state index contributed by atoms with van der Waals surface area (Å²) in [5.41, 5.74) is 1.76. The van der Waals surface area contributed by atoms with Gasteiger partial charge in [0.25, 0.3) is 0 Å². The lowest BCUT2D eigenvalue weighted by molar-refractivity contribution is -0.0172. The lowest BCUT2D eigenvalue weighted by atomic mass is 10.3. The number of hydrogen-bond acceptors (Lipinski definition) is 13. The molecule has 3 aliphatic rings. The lowest BCUT2D eigenvalue weighted by Gasteiger charge is -2.23. The van der Waals surface area contributed by atoms with Crippen LogP contribution in [0, 0.1) is 0 Å². The number of aromatic nitrogens is 2. The molecule has 0 aromatic carbocycles. The number of rotatable bonds is 0. The SMILES string of the molecule is c1cc2nc(c1)COCCN1CCOCCOCCOCCN(CCOCOc3cccc(n3)OCOCC1)CCOC2. The van der Waals surface area contributed by atoms with Crippen molar-refractivity contribution in [3.05, 3.63) is 47.8 Å². The molecule has 5 heterocycles. The van der Waals surface area contributed by atoms with Gasteiger partial charge in [0.2, 0.25) is 11.8 Å². The third-order valence-corrected chi connectivity index (χ3v) is 6.70. The molecular formula is C30H46N4O9. The van der Waals surface area contributed by atoms with E-state index in [0.717, 1.165) is 37.6 Å². The van der Waals surface area contributed by atoms with Gasteiger partial charge in [0, 0.05) is 51.4 Å². The Bertz CT molecular complexity index is 937. The van der Waals surface area contributed by atoms with Gasteiger partial charge in [-0.15, -0.1) is 0 Å². The maximum absolute atomic E-state index is 5.97. The highest BCUT2D eigenvalue weighted by atomic mass is 16.7. The first kappa shape index (κ1) is 33.4. The van der Waals surface area contributed by atoms with Gasteiger partial charge in [0.15, 0.2) is 13.6 Å². The van der Waals surface area contributed by atoms with Crippen LogP contribution in [0.15, 0.2) is 36.4 Å². The Morgan fingerprint density at radius 3 is 1.30 bits per heavy atom. The molecule has 0 spiro atoms. The van der Waals surface area contributed by atoms with Crippen LogP contribution in [0.4, 0.5) is 0 Å². The van der Waals surface area contributed by atoms with Crippen LogP contribution in [0.5, 0.6) is 11.8 Å². The van der Waals surface area contributed by atoms with Gasteiger partial charge in [-0.1, -0.05) is 12.1 Å². The Morgan fingerprint density at radius 1 is 0.419 bits per heavy atom. The average molecular weight is 607 g/mol. The first-order valence-electron chi connectivity index (χ1n) is 15.0. The van der Waals surface area contributed by atoms with Crippen molar-refractivity contribution in [3.63, 3.8) is 0 Å². The second kappa shape index (κ2) is 21.3. The van der Waals surface area contributed by atoms with Gasteiger partial charge >= 0.3 is 0 Å². The van der Waals surface area contributed by atoms with E-state index in [9.17, 15) is 0 Å². The highest BCUT2D eigenvalue weighted by molar-refractivity contribution is 5.19. The van der Waals surface area contributed by atoms with E-state index in [1.54, 1.807) is 12.1 Å². The normalized spacial score (nSPS) is 24.0. The topological polar surface area (TPSA) is 115 Å². The van der Waals surface area contributed by atoms with E-state index in [1.807, 2.05) is 24.3 Å². The molecule has 0 N–H and O–H groups in total. The van der Waals surface area contributed by atoms with Gasteiger partial charge in [-0.2, -0.15) is 4.98 Å². The number of ether oxygens (including phenoxy) is 9. The summed E-state index contributed by atoms with van der Waals surface area (Å²) in [6, 6.07) is 11.3. The minimum Gasteiger partial charge on any atom is -0.450 e. The summed E-state index contributed by atoms with van der Waals surface area (Å²) in [6.07, 6.45) is 0. The smallest absolute Gasteiger partial charge is 0.218 e. The molecule has 2 aromatic rings. The molecule has 0 fully saturated rings. The van der Waals surface area contributed by atoms with Crippen LogP contribution in [-0.2, 0) is 46.4 Å². The fourth-order valence-corrected chi connectivity index (χ4v) is 4.30. The average Bonchev–Trinajstić information content (AvgIpc) is 3.02. The molecule has 2 aromatic heterocycles. The van der Waals surface area contributed by atoms with Gasteiger partial charge < -0.3 is 42.6 Å². The molecule has 0 saturated heterocycles. The molecule has 2 unspecified atom stereocenters. The van der Waals surface area contributed by atoms with Crippen LogP contribution < -0.4 is 9.47 Å². The van der Waals surface area contributed by atoms with Crippen LogP contribution in [0.3, 0.4) is 0 Å². The number of pyridine rings is 2. The molecule has 43 heavy (non-hydrogen) atoms. The first-order chi connectivity index (χ1) is 21.3. The summed E-state index contributed by atoms with van der Waals surface area (Å²) in [4.78, 5) is 13.6. The molecule has 2 atom stereocenters. The summed E-state index contributed by atoms with van der Waals surface area (Å²) in [7, 11) is 0. The fourth-order valence-electron chi connectivity index (χ4n) is 4.30. The summed E-state index contributed by atoms with van der Waals surface area (Å²) in [5.74, 6) is 0.843. The van der Waals surface area contributed by atoms with E-state index < -0.39 is 0 Å². The van der Waals surface area contributed by atoms with E-state index in [4.69, 9.17) is 47.6 Å². The monoisotopic (exact) mass is 606 g/mol. The summed E-state index contributed by atoms with van der Waals surface area (Å²) in [5, 5.41) is 0. The second-order valence-electron chi connectivity index (χ2n) is 9.90. The molecule has 13 heteroatoms. The molecule has 3 aliphatic heterocycles. The van der Waals surface area contributed by atoms with Crippen LogP contribution in [-0.4, -0.2) is 139 Å². The van der Waals surface area contributed by atoms with E-state index in [2.05, 4.69) is 14.8 Å². The predicted molar refractivity (Wildman–Crippen MR) is 156 cm³/mol. The molecule has 0 radical (unpaired) electrons. The van der Waals surface area contributed by atoms with Crippen molar-refractivity contribution < 1.29 is 42.6 Å². The predicted octanol–water partition coefficient (Wildman–Crippen LogP) is 1.60. The Labute approximate surface area is 254 Å². The van der Waals surface area contributed by atoms with E-state index >= 15 is 0 Å². The van der Waals surface area contributed by atoms with Crippen molar-refractivity contribution in [3.8, 4) is 11.8 Å². The number of hydrogen-bond donors (Lipinski definition) is 0. The minimum absolute atomic E-state index is 0.0798. The lowest BCUT2D eigenvalue weighted by Crippen LogP contribution is -2.34. The van der Waals surface area contributed by atoms with Gasteiger partial charge in [-0.3, -0.25) is 14.8 Å². The fraction of sp³-hybridized carbons (Fsp3) is 0.667. The first-order valence-corrected chi connectivity index (χ1v) is 15.0. The molecular weight excluding hydrogens is 560 g/mol. The Balaban J connectivity index is 1.40. The highest BCUT2D eigenvalue weighted by Gasteiger charge is 2.09. The van der Waals surface area contributed by atoms with Crippen molar-refractivity contribution in [2.45, 2.75) is 13.2 Å². The van der Waals surface area contributed by atoms with Crippen molar-refractivity contribution in [1.29, 1.82) is 0 Å². The largest absolute Gasteiger partial charge is 0.450 e. The van der Waals surface area contributed by atoms with Gasteiger partial charge in [0.05, 0.1) is 90.7 Å². The van der Waals surface area contributed by atoms with Crippen molar-refractivity contribution >= 4 is 0 Å². The van der Waals surface area contributed by atoms with Crippen molar-refractivity contribution in [2.75, 3.05) is 119 Å². The molecule has 13 nitrogen and oxygen atoms in total. The Morgan fingerprint density at radius 2 is 0.814 bits per heavy atom. The van der Waals surface area contributed by atoms with Gasteiger partial charge in [-0.25, -0.2) is 0 Å². The van der Waals surface area contributed by atoms with Crippen LogP contribution in [0.25, 0.3) is 0 Å². The number of fused-ring (bicyclic) bond motifs is 24. The van der Waals surface area contributed by atoms with Crippen LogP contribution >= 0.6 is 0 Å². The standard InChI is InChI=1S/C30H46N4O9/c1-3-27-23-38-15-9-33-7-13-35-19-21-37-22-20-36-14-8-34(10-16-39-24-28(4-1)31-27)12-18-41-26-43-30-6-2-5-29(32-30)42-25-40-17-11-33/h1-6H,7-26H2. The zero-order chi connectivity index (χ0) is 29.6. The van der Waals surface area contributed by atoms with Crippen LogP contribution in [0.1, 0.15) is 11.4 Å². The number of nitrogens with zero attached hydrogens (tertiary/aromatic N) is 4. The summed E-state index contributed by atoms with van der Waals surface area (Å²) in [6.45, 7) is 10.7. The Kier molecular flexibility index (Phi) is 16.5. The Hall–Kier alpha value is -2.46. The van der Waals surface area contributed by atoms with Crippen molar-refractivity contribution in [2.24, 2.45) is 0 Å². The molecule has 240 valence electrons. The zero-order valence-corrected chi connectivity index (χ0v) is 25.1. The quantitative estimate of drug-likeness (QED) is 0.405. The zero-order valence-electron chi connectivity index (χ0n) is 25.1. The maximum atomic E-state index is 5.97. The second-order valence-corrected chi connectivity index (χ2v) is 9.90. The van der Waals surface area contributed by atoms with E-state index in [-0.39, 0.29) is 13.6 Å². The van der Waals surface area contributed by atoms with Crippen molar-refractivity contribution in [1.82, 2.24) is 19.8 Å².